The van der Waals surface area contributed by atoms with Crippen LogP contribution in [0, 0.1) is 11.8 Å². The van der Waals surface area contributed by atoms with Crippen molar-refractivity contribution in [3.8, 4) is 11.8 Å². The van der Waals surface area contributed by atoms with Gasteiger partial charge >= 0.3 is 6.03 Å². The summed E-state index contributed by atoms with van der Waals surface area (Å²) in [6, 6.07) is 6.70. The van der Waals surface area contributed by atoms with Gasteiger partial charge in [0.15, 0.2) is 0 Å². The van der Waals surface area contributed by atoms with E-state index in [1.807, 2.05) is 0 Å². The number of amides is 2. The van der Waals surface area contributed by atoms with Crippen LogP contribution in [0.3, 0.4) is 0 Å². The summed E-state index contributed by atoms with van der Waals surface area (Å²) in [6.07, 6.45) is 0. The molecule has 2 amide bonds. The summed E-state index contributed by atoms with van der Waals surface area (Å²) in [5.74, 6) is 5.97. The summed E-state index contributed by atoms with van der Waals surface area (Å²) < 4.78 is 5.26. The maximum atomic E-state index is 11.6. The molecule has 6 heteroatoms. The van der Waals surface area contributed by atoms with E-state index in [9.17, 15) is 4.79 Å². The van der Waals surface area contributed by atoms with E-state index in [1.54, 1.807) is 24.3 Å². The summed E-state index contributed by atoms with van der Waals surface area (Å²) >= 11 is 5.84. The zero-order valence-electron chi connectivity index (χ0n) is 11.7. The molecule has 1 heterocycles. The van der Waals surface area contributed by atoms with Gasteiger partial charge in [-0.15, -0.1) is 0 Å². The number of ether oxygens (including phenoxy) is 1. The van der Waals surface area contributed by atoms with Gasteiger partial charge in [-0.2, -0.15) is 0 Å². The molecule has 0 radical (unpaired) electrons. The molecule has 2 N–H and O–H groups in total. The summed E-state index contributed by atoms with van der Waals surface area (Å²) in [5, 5.41) is 5.95. The van der Waals surface area contributed by atoms with E-state index in [2.05, 4.69) is 27.4 Å². The van der Waals surface area contributed by atoms with Crippen molar-refractivity contribution in [1.82, 2.24) is 10.2 Å². The molecule has 1 aromatic carbocycles. The molecule has 1 aliphatic rings. The van der Waals surface area contributed by atoms with Crippen LogP contribution in [0.4, 0.5) is 10.5 Å². The van der Waals surface area contributed by atoms with Crippen LogP contribution in [-0.4, -0.2) is 50.3 Å². The third-order valence-corrected chi connectivity index (χ3v) is 3.19. The van der Waals surface area contributed by atoms with Crippen molar-refractivity contribution >= 4 is 23.3 Å². The molecule has 1 aromatic rings. The summed E-state index contributed by atoms with van der Waals surface area (Å²) in [5.41, 5.74) is 0.654. The molecule has 0 atom stereocenters. The lowest BCUT2D eigenvalue weighted by molar-refractivity contribution is 0.0443. The van der Waals surface area contributed by atoms with Gasteiger partial charge in [0.1, 0.15) is 0 Å². The Hall–Kier alpha value is -1.74. The Balaban J connectivity index is 1.65. The highest BCUT2D eigenvalue weighted by Gasteiger charge is 2.07. The quantitative estimate of drug-likeness (QED) is 0.837. The second-order valence-electron chi connectivity index (χ2n) is 4.56. The number of hydrogen-bond donors (Lipinski definition) is 2. The van der Waals surface area contributed by atoms with Crippen molar-refractivity contribution in [2.75, 3.05) is 44.7 Å². The number of benzene rings is 1. The van der Waals surface area contributed by atoms with E-state index >= 15 is 0 Å². The van der Waals surface area contributed by atoms with Crippen molar-refractivity contribution in [1.29, 1.82) is 0 Å². The van der Waals surface area contributed by atoms with Gasteiger partial charge < -0.3 is 15.4 Å². The zero-order chi connectivity index (χ0) is 14.9. The normalized spacial score (nSPS) is 14.9. The van der Waals surface area contributed by atoms with E-state index in [-0.39, 0.29) is 6.03 Å². The Morgan fingerprint density at radius 2 is 2.14 bits per heavy atom. The lowest BCUT2D eigenvalue weighted by atomic mass is 10.3. The number of carbonyl (C=O) groups excluding carboxylic acids is 1. The number of urea groups is 1. The molecule has 1 aliphatic heterocycles. The Kier molecular flexibility index (Phi) is 6.35. The number of morpholine rings is 1. The summed E-state index contributed by atoms with van der Waals surface area (Å²) in [4.78, 5) is 13.9. The smallest absolute Gasteiger partial charge is 0.319 e. The van der Waals surface area contributed by atoms with Gasteiger partial charge in [-0.1, -0.05) is 29.5 Å². The average Bonchev–Trinajstić information content (AvgIpc) is 2.48. The SMILES string of the molecule is O=C(NCC#CCN1CCOCC1)Nc1cccc(Cl)c1. The lowest BCUT2D eigenvalue weighted by Gasteiger charge is -2.24. The summed E-state index contributed by atoms with van der Waals surface area (Å²) in [6.45, 7) is 4.39. The average molecular weight is 308 g/mol. The summed E-state index contributed by atoms with van der Waals surface area (Å²) in [7, 11) is 0. The monoisotopic (exact) mass is 307 g/mol. The van der Waals surface area contributed by atoms with Gasteiger partial charge in [-0.25, -0.2) is 4.79 Å². The van der Waals surface area contributed by atoms with Crippen molar-refractivity contribution in [2.24, 2.45) is 0 Å². The molecular weight excluding hydrogens is 290 g/mol. The molecule has 2 rings (SSSR count). The predicted octanol–water partition coefficient (Wildman–Crippen LogP) is 1.80. The number of hydrogen-bond acceptors (Lipinski definition) is 3. The van der Waals surface area contributed by atoms with Gasteiger partial charge in [0, 0.05) is 23.8 Å². The molecule has 0 aliphatic carbocycles. The minimum atomic E-state index is -0.294. The topological polar surface area (TPSA) is 53.6 Å². The van der Waals surface area contributed by atoms with Gasteiger partial charge in [0.25, 0.3) is 0 Å². The molecule has 0 bridgehead atoms. The van der Waals surface area contributed by atoms with Crippen molar-refractivity contribution in [2.45, 2.75) is 0 Å². The van der Waals surface area contributed by atoms with E-state index in [0.717, 1.165) is 26.3 Å². The molecule has 0 aromatic heterocycles. The standard InChI is InChI=1S/C15H18ClN3O2/c16-13-4-3-5-14(12-13)18-15(20)17-6-1-2-7-19-8-10-21-11-9-19/h3-5,12H,6-11H2,(H2,17,18,20). The number of nitrogens with one attached hydrogen (secondary N) is 2. The van der Waals surface area contributed by atoms with Crippen LogP contribution < -0.4 is 10.6 Å². The van der Waals surface area contributed by atoms with Gasteiger partial charge in [-0.3, -0.25) is 4.90 Å². The van der Waals surface area contributed by atoms with Crippen LogP contribution in [0.1, 0.15) is 0 Å². The van der Waals surface area contributed by atoms with E-state index in [1.165, 1.54) is 0 Å². The number of anilines is 1. The molecular formula is C15H18ClN3O2. The molecule has 0 saturated carbocycles. The minimum absolute atomic E-state index is 0.294. The van der Waals surface area contributed by atoms with Gasteiger partial charge in [0.2, 0.25) is 0 Å². The fourth-order valence-corrected chi connectivity index (χ4v) is 2.05. The lowest BCUT2D eigenvalue weighted by Crippen LogP contribution is -2.36. The van der Waals surface area contributed by atoms with E-state index in [0.29, 0.717) is 23.8 Å². The fraction of sp³-hybridized carbons (Fsp3) is 0.400. The maximum absolute atomic E-state index is 11.6. The molecule has 0 unspecified atom stereocenters. The first-order chi connectivity index (χ1) is 10.2. The first-order valence-electron chi connectivity index (χ1n) is 6.80. The Morgan fingerprint density at radius 1 is 1.33 bits per heavy atom. The van der Waals surface area contributed by atoms with Crippen LogP contribution in [0.15, 0.2) is 24.3 Å². The molecule has 1 fully saturated rings. The number of halogens is 1. The zero-order valence-corrected chi connectivity index (χ0v) is 12.4. The van der Waals surface area contributed by atoms with Crippen LogP contribution in [-0.2, 0) is 4.74 Å². The highest BCUT2D eigenvalue weighted by Crippen LogP contribution is 2.14. The second-order valence-corrected chi connectivity index (χ2v) is 5.00. The number of carbonyl (C=O) groups is 1. The number of rotatable bonds is 3. The highest BCUT2D eigenvalue weighted by atomic mass is 35.5. The van der Waals surface area contributed by atoms with Crippen LogP contribution in [0.5, 0.6) is 0 Å². The van der Waals surface area contributed by atoms with Crippen molar-refractivity contribution < 1.29 is 9.53 Å². The van der Waals surface area contributed by atoms with E-state index < -0.39 is 0 Å². The maximum Gasteiger partial charge on any atom is 0.319 e. The van der Waals surface area contributed by atoms with Crippen LogP contribution >= 0.6 is 11.6 Å². The molecule has 5 nitrogen and oxygen atoms in total. The Labute approximate surface area is 129 Å². The van der Waals surface area contributed by atoms with Crippen LogP contribution in [0.25, 0.3) is 0 Å². The third kappa shape index (κ3) is 6.05. The Bertz CT molecular complexity index is 533. The van der Waals surface area contributed by atoms with Crippen molar-refractivity contribution in [3.63, 3.8) is 0 Å². The molecule has 0 spiro atoms. The molecule has 1 saturated heterocycles. The first kappa shape index (κ1) is 15.6. The van der Waals surface area contributed by atoms with Crippen LogP contribution in [0.2, 0.25) is 5.02 Å². The number of nitrogens with zero attached hydrogens (tertiary/aromatic N) is 1. The molecule has 21 heavy (non-hydrogen) atoms. The Morgan fingerprint density at radius 3 is 2.90 bits per heavy atom. The predicted molar refractivity (Wildman–Crippen MR) is 83.5 cm³/mol. The molecule has 112 valence electrons. The largest absolute Gasteiger partial charge is 0.379 e. The minimum Gasteiger partial charge on any atom is -0.379 e. The fourth-order valence-electron chi connectivity index (χ4n) is 1.86. The highest BCUT2D eigenvalue weighted by molar-refractivity contribution is 6.30. The van der Waals surface area contributed by atoms with Gasteiger partial charge in [-0.05, 0) is 18.2 Å². The first-order valence-corrected chi connectivity index (χ1v) is 7.18. The van der Waals surface area contributed by atoms with Crippen molar-refractivity contribution in [3.05, 3.63) is 29.3 Å². The van der Waals surface area contributed by atoms with Gasteiger partial charge in [0.05, 0.1) is 26.3 Å². The second kappa shape index (κ2) is 8.53. The van der Waals surface area contributed by atoms with E-state index in [4.69, 9.17) is 16.3 Å². The third-order valence-electron chi connectivity index (χ3n) is 2.95.